The van der Waals surface area contributed by atoms with Gasteiger partial charge in [-0.05, 0) is 17.5 Å². The van der Waals surface area contributed by atoms with Crippen LogP contribution >= 0.6 is 0 Å². The van der Waals surface area contributed by atoms with Crippen LogP contribution in [0.4, 0.5) is 5.69 Å². The Morgan fingerprint density at radius 2 is 1.58 bits per heavy atom. The zero-order valence-corrected chi connectivity index (χ0v) is 11.2. The molecule has 3 aromatic rings. The van der Waals surface area contributed by atoms with Crippen molar-refractivity contribution in [2.45, 2.75) is 0 Å². The number of anilines is 1. The van der Waals surface area contributed by atoms with Crippen LogP contribution in [0, 0.1) is 0 Å². The lowest BCUT2D eigenvalue weighted by Crippen LogP contribution is -2.10. The summed E-state index contributed by atoms with van der Waals surface area (Å²) in [7, 11) is 4.12. The average molecular weight is 248 g/mol. The predicted octanol–water partition coefficient (Wildman–Crippen LogP) is 3.97. The molecule has 3 rings (SSSR count). The van der Waals surface area contributed by atoms with Crippen molar-refractivity contribution in [3.63, 3.8) is 0 Å². The van der Waals surface area contributed by atoms with Crippen LogP contribution in [0.2, 0.25) is 0 Å². The second-order valence-corrected chi connectivity index (χ2v) is 4.79. The van der Waals surface area contributed by atoms with E-state index >= 15 is 0 Å². The normalized spacial score (nSPS) is 10.6. The largest absolute Gasteiger partial charge is 0.377 e. The van der Waals surface area contributed by atoms with E-state index in [1.54, 1.807) is 0 Å². The lowest BCUT2D eigenvalue weighted by atomic mass is 10.0. The quantitative estimate of drug-likeness (QED) is 0.682. The van der Waals surface area contributed by atoms with Crippen molar-refractivity contribution in [3.8, 4) is 11.3 Å². The molecule has 0 atom stereocenters. The minimum Gasteiger partial charge on any atom is -0.377 e. The molecule has 0 saturated heterocycles. The first-order valence-electron chi connectivity index (χ1n) is 6.38. The summed E-state index contributed by atoms with van der Waals surface area (Å²) >= 11 is 0. The highest BCUT2D eigenvalue weighted by atomic mass is 15.1. The Balaban J connectivity index is 2.31. The van der Waals surface area contributed by atoms with Crippen molar-refractivity contribution in [2.75, 3.05) is 19.0 Å². The molecule has 0 bridgehead atoms. The van der Waals surface area contributed by atoms with Crippen LogP contribution in [0.5, 0.6) is 0 Å². The van der Waals surface area contributed by atoms with Gasteiger partial charge in [0.25, 0.3) is 0 Å². The zero-order valence-electron chi connectivity index (χ0n) is 11.2. The van der Waals surface area contributed by atoms with Crippen LogP contribution in [0.3, 0.4) is 0 Å². The van der Waals surface area contributed by atoms with Crippen molar-refractivity contribution >= 4 is 16.5 Å². The van der Waals surface area contributed by atoms with Crippen LogP contribution in [-0.4, -0.2) is 19.1 Å². The first kappa shape index (κ1) is 11.7. The van der Waals surface area contributed by atoms with Gasteiger partial charge in [-0.2, -0.15) is 0 Å². The first-order chi connectivity index (χ1) is 9.27. The monoisotopic (exact) mass is 248 g/mol. The maximum absolute atomic E-state index is 4.59. The molecule has 19 heavy (non-hydrogen) atoms. The smallest absolute Gasteiger partial charge is 0.0801 e. The van der Waals surface area contributed by atoms with Gasteiger partial charge in [-0.25, -0.2) is 0 Å². The fraction of sp³-hybridized carbons (Fsp3) is 0.118. The number of hydrogen-bond acceptors (Lipinski definition) is 2. The van der Waals surface area contributed by atoms with E-state index in [4.69, 9.17) is 0 Å². The Kier molecular flexibility index (Phi) is 2.92. The molecule has 0 N–H and O–H groups in total. The summed E-state index contributed by atoms with van der Waals surface area (Å²) in [6.45, 7) is 0. The van der Waals surface area contributed by atoms with Gasteiger partial charge in [-0.3, -0.25) is 4.98 Å². The third-order valence-electron chi connectivity index (χ3n) is 3.31. The number of pyridine rings is 1. The van der Waals surface area contributed by atoms with E-state index in [9.17, 15) is 0 Å². The van der Waals surface area contributed by atoms with E-state index in [0.717, 1.165) is 5.69 Å². The Labute approximate surface area is 113 Å². The second-order valence-electron chi connectivity index (χ2n) is 4.79. The van der Waals surface area contributed by atoms with Crippen LogP contribution in [0.15, 0.2) is 60.8 Å². The summed E-state index contributed by atoms with van der Waals surface area (Å²) in [5.74, 6) is 0. The van der Waals surface area contributed by atoms with E-state index in [-0.39, 0.29) is 0 Å². The summed E-state index contributed by atoms with van der Waals surface area (Å²) in [6.07, 6.45) is 1.88. The van der Waals surface area contributed by atoms with Gasteiger partial charge in [0.05, 0.1) is 5.69 Å². The average Bonchev–Trinajstić information content (AvgIpc) is 2.46. The third-order valence-corrected chi connectivity index (χ3v) is 3.31. The molecular formula is C17H16N2. The van der Waals surface area contributed by atoms with Gasteiger partial charge in [0.2, 0.25) is 0 Å². The zero-order chi connectivity index (χ0) is 13.2. The number of aromatic nitrogens is 1. The Hall–Kier alpha value is -2.35. The number of fused-ring (bicyclic) bond motifs is 1. The fourth-order valence-corrected chi connectivity index (χ4v) is 2.40. The fourth-order valence-electron chi connectivity index (χ4n) is 2.40. The van der Waals surface area contributed by atoms with Gasteiger partial charge < -0.3 is 4.90 Å². The lowest BCUT2D eigenvalue weighted by molar-refractivity contribution is 1.13. The van der Waals surface area contributed by atoms with Crippen molar-refractivity contribution in [2.24, 2.45) is 0 Å². The van der Waals surface area contributed by atoms with Crippen LogP contribution in [0.1, 0.15) is 0 Å². The van der Waals surface area contributed by atoms with E-state index in [2.05, 4.69) is 78.6 Å². The van der Waals surface area contributed by atoms with Gasteiger partial charge in [0.15, 0.2) is 0 Å². The maximum atomic E-state index is 4.59. The Morgan fingerprint density at radius 3 is 2.42 bits per heavy atom. The highest BCUT2D eigenvalue weighted by Gasteiger charge is 2.10. The summed E-state index contributed by atoms with van der Waals surface area (Å²) in [5, 5.41) is 2.42. The molecule has 0 amide bonds. The minimum atomic E-state index is 1.04. The Bertz CT molecular complexity index is 712. The highest BCUT2D eigenvalue weighted by Crippen LogP contribution is 2.32. The summed E-state index contributed by atoms with van der Waals surface area (Å²) in [4.78, 5) is 6.72. The number of nitrogens with zero attached hydrogens (tertiary/aromatic N) is 2. The number of rotatable bonds is 2. The molecule has 0 fully saturated rings. The predicted molar refractivity (Wildman–Crippen MR) is 81.5 cm³/mol. The number of benzene rings is 2. The van der Waals surface area contributed by atoms with Gasteiger partial charge in [0, 0.05) is 36.9 Å². The highest BCUT2D eigenvalue weighted by molar-refractivity contribution is 5.97. The van der Waals surface area contributed by atoms with Gasteiger partial charge in [-0.1, -0.05) is 42.5 Å². The minimum absolute atomic E-state index is 1.04. The molecule has 94 valence electrons. The molecule has 0 aliphatic heterocycles. The first-order valence-corrected chi connectivity index (χ1v) is 6.38. The molecule has 2 aromatic carbocycles. The Morgan fingerprint density at radius 1 is 0.842 bits per heavy atom. The molecule has 0 radical (unpaired) electrons. The van der Waals surface area contributed by atoms with Gasteiger partial charge in [0.1, 0.15) is 0 Å². The van der Waals surface area contributed by atoms with Crippen LogP contribution < -0.4 is 4.90 Å². The topological polar surface area (TPSA) is 16.1 Å². The van der Waals surface area contributed by atoms with E-state index in [1.807, 2.05) is 6.20 Å². The molecular weight excluding hydrogens is 232 g/mol. The van der Waals surface area contributed by atoms with Crippen LogP contribution in [-0.2, 0) is 0 Å². The van der Waals surface area contributed by atoms with Crippen LogP contribution in [0.25, 0.3) is 22.0 Å². The van der Waals surface area contributed by atoms with Crippen molar-refractivity contribution in [3.05, 3.63) is 60.8 Å². The standard InChI is InChI=1S/C17H16N2/c1-19(2)16-10-6-5-9-15(16)17-14-8-4-3-7-13(14)11-12-18-17/h3-12H,1-2H3. The van der Waals surface area contributed by atoms with E-state index in [0.29, 0.717) is 0 Å². The molecule has 0 aliphatic rings. The molecule has 2 nitrogen and oxygen atoms in total. The summed E-state index contributed by atoms with van der Waals surface area (Å²) < 4.78 is 0. The molecule has 1 aromatic heterocycles. The molecule has 1 heterocycles. The summed E-state index contributed by atoms with van der Waals surface area (Å²) in [6, 6.07) is 18.8. The SMILES string of the molecule is CN(C)c1ccccc1-c1nccc2ccccc12. The third kappa shape index (κ3) is 2.06. The molecule has 0 spiro atoms. The van der Waals surface area contributed by atoms with Gasteiger partial charge >= 0.3 is 0 Å². The molecule has 0 aliphatic carbocycles. The van der Waals surface area contributed by atoms with Crippen molar-refractivity contribution in [1.29, 1.82) is 0 Å². The number of para-hydroxylation sites is 1. The molecule has 0 saturated carbocycles. The molecule has 0 unspecified atom stereocenters. The van der Waals surface area contributed by atoms with E-state index < -0.39 is 0 Å². The molecule has 2 heteroatoms. The second kappa shape index (κ2) is 4.73. The summed E-state index contributed by atoms with van der Waals surface area (Å²) in [5.41, 5.74) is 3.40. The van der Waals surface area contributed by atoms with Crippen molar-refractivity contribution in [1.82, 2.24) is 4.98 Å². The maximum Gasteiger partial charge on any atom is 0.0801 e. The lowest BCUT2D eigenvalue weighted by Gasteiger charge is -2.17. The van der Waals surface area contributed by atoms with Gasteiger partial charge in [-0.15, -0.1) is 0 Å². The van der Waals surface area contributed by atoms with E-state index in [1.165, 1.54) is 22.0 Å². The van der Waals surface area contributed by atoms with Crippen molar-refractivity contribution < 1.29 is 0 Å². The number of hydrogen-bond donors (Lipinski definition) is 0.